The van der Waals surface area contributed by atoms with Gasteiger partial charge in [-0.15, -0.1) is 0 Å². The number of halogens is 1. The first kappa shape index (κ1) is 17.5. The second-order valence-corrected chi connectivity index (χ2v) is 6.30. The number of rotatable bonds is 4. The van der Waals surface area contributed by atoms with E-state index in [4.69, 9.17) is 14.2 Å². The number of nitro benzene ring substituents is 1. The molecule has 25 heavy (non-hydrogen) atoms. The first-order valence-corrected chi connectivity index (χ1v) is 8.26. The summed E-state index contributed by atoms with van der Waals surface area (Å²) in [7, 11) is 0. The van der Waals surface area contributed by atoms with Crippen molar-refractivity contribution >= 4 is 27.6 Å². The maximum Gasteiger partial charge on any atom is 0.338 e. The van der Waals surface area contributed by atoms with Gasteiger partial charge in [0.25, 0.3) is 5.69 Å². The van der Waals surface area contributed by atoms with E-state index in [1.54, 1.807) is 36.4 Å². The third-order valence-corrected chi connectivity index (χ3v) is 4.13. The van der Waals surface area contributed by atoms with Gasteiger partial charge in [0.1, 0.15) is 6.10 Å². The highest BCUT2D eigenvalue weighted by molar-refractivity contribution is 9.10. The summed E-state index contributed by atoms with van der Waals surface area (Å²) in [5.74, 6) is -0.446. The number of carbonyl (C=O) groups is 1. The molecule has 0 aromatic heterocycles. The number of nitro groups is 1. The van der Waals surface area contributed by atoms with Gasteiger partial charge in [-0.2, -0.15) is 0 Å². The lowest BCUT2D eigenvalue weighted by atomic mass is 10.2. The zero-order valence-corrected chi connectivity index (χ0v) is 14.5. The van der Waals surface area contributed by atoms with E-state index in [1.165, 1.54) is 12.1 Å². The predicted octanol–water partition coefficient (Wildman–Crippen LogP) is 3.63. The maximum absolute atomic E-state index is 12.1. The van der Waals surface area contributed by atoms with Gasteiger partial charge >= 0.3 is 5.97 Å². The number of ether oxygens (including phenoxy) is 3. The SMILES string of the molecule is O=C(OC1COC(c2ccc([N+](=O)[O-])cc2)OC1)c1ccc(Br)cc1. The van der Waals surface area contributed by atoms with Gasteiger partial charge in [0, 0.05) is 22.2 Å². The van der Waals surface area contributed by atoms with E-state index in [0.717, 1.165) is 4.47 Å². The van der Waals surface area contributed by atoms with Crippen LogP contribution in [0.25, 0.3) is 0 Å². The van der Waals surface area contributed by atoms with E-state index in [0.29, 0.717) is 11.1 Å². The van der Waals surface area contributed by atoms with Crippen molar-refractivity contribution in [2.75, 3.05) is 13.2 Å². The maximum atomic E-state index is 12.1. The Morgan fingerprint density at radius 1 is 1.08 bits per heavy atom. The third kappa shape index (κ3) is 4.41. The predicted molar refractivity (Wildman–Crippen MR) is 91.1 cm³/mol. The molecule has 0 saturated carbocycles. The number of esters is 1. The summed E-state index contributed by atoms with van der Waals surface area (Å²) in [6.45, 7) is 0.369. The summed E-state index contributed by atoms with van der Waals surface area (Å²) in [6, 6.07) is 12.8. The Bertz CT molecular complexity index is 754. The minimum absolute atomic E-state index is 0.000800. The lowest BCUT2D eigenvalue weighted by Crippen LogP contribution is -2.35. The summed E-state index contributed by atoms with van der Waals surface area (Å²) in [5, 5.41) is 10.7. The van der Waals surface area contributed by atoms with Gasteiger partial charge in [0.2, 0.25) is 0 Å². The third-order valence-electron chi connectivity index (χ3n) is 3.60. The normalized spacial score (nSPS) is 20.0. The minimum atomic E-state index is -0.636. The molecular formula is C17H14BrNO6. The first-order chi connectivity index (χ1) is 12.0. The lowest BCUT2D eigenvalue weighted by Gasteiger charge is -2.29. The topological polar surface area (TPSA) is 87.9 Å². The summed E-state index contributed by atoms with van der Waals surface area (Å²) in [5.41, 5.74) is 1.12. The van der Waals surface area contributed by atoms with E-state index in [9.17, 15) is 14.9 Å². The van der Waals surface area contributed by atoms with Crippen molar-refractivity contribution in [3.05, 3.63) is 74.2 Å². The Kier molecular flexibility index (Phi) is 5.42. The van der Waals surface area contributed by atoms with Crippen LogP contribution in [-0.2, 0) is 14.2 Å². The number of benzene rings is 2. The molecule has 0 aliphatic carbocycles. The van der Waals surface area contributed by atoms with Gasteiger partial charge in [0.05, 0.1) is 23.7 Å². The van der Waals surface area contributed by atoms with Gasteiger partial charge in [-0.3, -0.25) is 10.1 Å². The van der Waals surface area contributed by atoms with Crippen LogP contribution in [0.15, 0.2) is 53.0 Å². The molecule has 8 heteroatoms. The minimum Gasteiger partial charge on any atom is -0.454 e. The molecule has 2 aromatic rings. The summed E-state index contributed by atoms with van der Waals surface area (Å²) < 4.78 is 17.3. The van der Waals surface area contributed by atoms with Crippen LogP contribution in [-0.4, -0.2) is 30.2 Å². The van der Waals surface area contributed by atoms with Gasteiger partial charge in [-0.1, -0.05) is 15.9 Å². The molecule has 1 aliphatic rings. The molecule has 130 valence electrons. The fourth-order valence-electron chi connectivity index (χ4n) is 2.30. The lowest BCUT2D eigenvalue weighted by molar-refractivity contribution is -0.384. The smallest absolute Gasteiger partial charge is 0.338 e. The fourth-order valence-corrected chi connectivity index (χ4v) is 2.57. The fraction of sp³-hybridized carbons (Fsp3) is 0.235. The molecule has 1 saturated heterocycles. The monoisotopic (exact) mass is 407 g/mol. The van der Waals surface area contributed by atoms with Crippen molar-refractivity contribution in [3.8, 4) is 0 Å². The van der Waals surface area contributed by atoms with Gasteiger partial charge in [-0.05, 0) is 36.4 Å². The van der Waals surface area contributed by atoms with Crippen molar-refractivity contribution in [1.82, 2.24) is 0 Å². The molecule has 0 N–H and O–H groups in total. The number of nitrogens with zero attached hydrogens (tertiary/aromatic N) is 1. The molecule has 2 aromatic carbocycles. The molecule has 0 bridgehead atoms. The molecule has 7 nitrogen and oxygen atoms in total. The van der Waals surface area contributed by atoms with Crippen molar-refractivity contribution in [2.45, 2.75) is 12.4 Å². The quantitative estimate of drug-likeness (QED) is 0.436. The Morgan fingerprint density at radius 2 is 1.68 bits per heavy atom. The van der Waals surface area contributed by atoms with E-state index in [1.807, 2.05) is 0 Å². The molecule has 0 unspecified atom stereocenters. The Labute approximate surface area is 151 Å². The van der Waals surface area contributed by atoms with Crippen LogP contribution in [0.5, 0.6) is 0 Å². The highest BCUT2D eigenvalue weighted by Crippen LogP contribution is 2.26. The number of non-ortho nitro benzene ring substituents is 1. The van der Waals surface area contributed by atoms with E-state index < -0.39 is 23.3 Å². The van der Waals surface area contributed by atoms with Gasteiger partial charge in [0.15, 0.2) is 6.29 Å². The van der Waals surface area contributed by atoms with Crippen LogP contribution < -0.4 is 0 Å². The molecule has 0 spiro atoms. The van der Waals surface area contributed by atoms with Crippen LogP contribution in [0, 0.1) is 10.1 Å². The van der Waals surface area contributed by atoms with Gasteiger partial charge in [-0.25, -0.2) is 4.79 Å². The second-order valence-electron chi connectivity index (χ2n) is 5.38. The molecule has 0 atom stereocenters. The van der Waals surface area contributed by atoms with Crippen LogP contribution in [0.3, 0.4) is 0 Å². The van der Waals surface area contributed by atoms with E-state index in [-0.39, 0.29) is 18.9 Å². The molecule has 0 amide bonds. The Balaban J connectivity index is 1.53. The van der Waals surface area contributed by atoms with Crippen LogP contribution >= 0.6 is 15.9 Å². The largest absolute Gasteiger partial charge is 0.454 e. The van der Waals surface area contributed by atoms with Crippen molar-refractivity contribution in [2.24, 2.45) is 0 Å². The second kappa shape index (κ2) is 7.73. The highest BCUT2D eigenvalue weighted by atomic mass is 79.9. The average Bonchev–Trinajstić information content (AvgIpc) is 2.63. The Hall–Kier alpha value is -2.29. The van der Waals surface area contributed by atoms with Crippen LogP contribution in [0.4, 0.5) is 5.69 Å². The summed E-state index contributed by atoms with van der Waals surface area (Å²) in [4.78, 5) is 22.3. The number of hydrogen-bond acceptors (Lipinski definition) is 6. The summed E-state index contributed by atoms with van der Waals surface area (Å²) in [6.07, 6.45) is -1.14. The molecule has 3 rings (SSSR count). The zero-order valence-electron chi connectivity index (χ0n) is 13.0. The van der Waals surface area contributed by atoms with Crippen LogP contribution in [0.1, 0.15) is 22.2 Å². The molecule has 1 aliphatic heterocycles. The first-order valence-electron chi connectivity index (χ1n) is 7.47. The van der Waals surface area contributed by atoms with Crippen molar-refractivity contribution in [1.29, 1.82) is 0 Å². The number of carbonyl (C=O) groups excluding carboxylic acids is 1. The molecule has 0 radical (unpaired) electrons. The van der Waals surface area contributed by atoms with Crippen molar-refractivity contribution < 1.29 is 23.9 Å². The average molecular weight is 408 g/mol. The van der Waals surface area contributed by atoms with Crippen LogP contribution in [0.2, 0.25) is 0 Å². The van der Waals surface area contributed by atoms with Crippen molar-refractivity contribution in [3.63, 3.8) is 0 Å². The molecular weight excluding hydrogens is 394 g/mol. The Morgan fingerprint density at radius 3 is 2.24 bits per heavy atom. The van der Waals surface area contributed by atoms with Gasteiger partial charge < -0.3 is 14.2 Å². The van der Waals surface area contributed by atoms with E-state index in [2.05, 4.69) is 15.9 Å². The molecule has 1 fully saturated rings. The van der Waals surface area contributed by atoms with E-state index >= 15 is 0 Å². The number of hydrogen-bond donors (Lipinski definition) is 0. The molecule has 1 heterocycles. The zero-order chi connectivity index (χ0) is 17.8. The standard InChI is InChI=1S/C17H14BrNO6/c18-13-5-1-11(2-6-13)16(20)25-15-9-23-17(24-10-15)12-3-7-14(8-4-12)19(21)22/h1-8,15,17H,9-10H2. The highest BCUT2D eigenvalue weighted by Gasteiger charge is 2.26. The summed E-state index contributed by atoms with van der Waals surface area (Å²) >= 11 is 3.30.